The molecule has 5 aromatic rings. The number of aryl methyl sites for hydroxylation is 2. The van der Waals surface area contributed by atoms with E-state index in [1.165, 1.54) is 17.3 Å². The van der Waals surface area contributed by atoms with Crippen LogP contribution in [0.2, 0.25) is 0 Å². The number of nitrogens with zero attached hydrogens (tertiary/aromatic N) is 3. The van der Waals surface area contributed by atoms with Crippen molar-refractivity contribution in [2.75, 3.05) is 25.3 Å². The maximum Gasteiger partial charge on any atom is 0.283 e. The molecule has 204 valence electrons. The van der Waals surface area contributed by atoms with Gasteiger partial charge in [0.25, 0.3) is 5.56 Å². The van der Waals surface area contributed by atoms with E-state index >= 15 is 0 Å². The maximum absolute atomic E-state index is 14.0. The molecule has 0 unspecified atom stereocenters. The Bertz CT molecular complexity index is 1700. The van der Waals surface area contributed by atoms with E-state index in [0.29, 0.717) is 39.1 Å². The summed E-state index contributed by atoms with van der Waals surface area (Å²) in [6.07, 6.45) is 2.82. The Hall–Kier alpha value is -4.50. The summed E-state index contributed by atoms with van der Waals surface area (Å²) in [4.78, 5) is 32.0. The summed E-state index contributed by atoms with van der Waals surface area (Å²) in [5.74, 6) is 0.921. The first-order chi connectivity index (χ1) is 19.4. The van der Waals surface area contributed by atoms with Crippen LogP contribution in [0.3, 0.4) is 0 Å². The molecule has 1 amide bonds. The second-order valence-corrected chi connectivity index (χ2v) is 10.2. The first-order valence-corrected chi connectivity index (χ1v) is 13.8. The predicted octanol–water partition coefficient (Wildman–Crippen LogP) is 5.70. The van der Waals surface area contributed by atoms with Crippen molar-refractivity contribution in [1.82, 2.24) is 14.1 Å². The molecule has 0 spiro atoms. The number of hydrogen-bond donors (Lipinski definition) is 1. The smallest absolute Gasteiger partial charge is 0.283 e. The number of carbonyl (C=O) groups is 1. The van der Waals surface area contributed by atoms with Gasteiger partial charge < -0.3 is 19.4 Å². The first-order valence-electron chi connectivity index (χ1n) is 12.8. The number of anilines is 1. The average molecular weight is 555 g/mol. The maximum atomic E-state index is 14.0. The van der Waals surface area contributed by atoms with Gasteiger partial charge in [0.05, 0.1) is 25.7 Å². The van der Waals surface area contributed by atoms with Crippen LogP contribution in [0.25, 0.3) is 27.8 Å². The van der Waals surface area contributed by atoms with Crippen molar-refractivity contribution in [1.29, 1.82) is 0 Å². The van der Waals surface area contributed by atoms with Gasteiger partial charge >= 0.3 is 0 Å². The first kappa shape index (κ1) is 27.1. The minimum absolute atomic E-state index is 0.0397. The fraction of sp³-hybridized carbons (Fsp3) is 0.194. The summed E-state index contributed by atoms with van der Waals surface area (Å²) in [5, 5.41) is 3.32. The molecule has 8 nitrogen and oxygen atoms in total. The van der Waals surface area contributed by atoms with Crippen LogP contribution in [0.1, 0.15) is 12.5 Å². The molecule has 0 saturated carbocycles. The van der Waals surface area contributed by atoms with Gasteiger partial charge in [0, 0.05) is 42.7 Å². The summed E-state index contributed by atoms with van der Waals surface area (Å²) in [6.45, 7) is 2.08. The number of thioether (sulfide) groups is 1. The van der Waals surface area contributed by atoms with Crippen molar-refractivity contribution >= 4 is 34.4 Å². The zero-order valence-corrected chi connectivity index (χ0v) is 23.6. The van der Waals surface area contributed by atoms with Crippen molar-refractivity contribution in [2.45, 2.75) is 18.5 Å². The molecule has 0 aliphatic rings. The van der Waals surface area contributed by atoms with E-state index in [2.05, 4.69) is 12.2 Å². The normalized spacial score (nSPS) is 11.0. The Morgan fingerprint density at radius 2 is 1.65 bits per heavy atom. The number of carbonyl (C=O) groups excluding carboxylic acids is 1. The highest BCUT2D eigenvalue weighted by atomic mass is 32.2. The Morgan fingerprint density at radius 1 is 0.975 bits per heavy atom. The summed E-state index contributed by atoms with van der Waals surface area (Å²) >= 11 is 1.21. The van der Waals surface area contributed by atoms with E-state index < -0.39 is 0 Å². The number of nitrogens with one attached hydrogen (secondary N) is 1. The number of rotatable bonds is 9. The monoisotopic (exact) mass is 554 g/mol. The molecule has 1 N–H and O–H groups in total. The predicted molar refractivity (Wildman–Crippen MR) is 160 cm³/mol. The van der Waals surface area contributed by atoms with E-state index in [1.807, 2.05) is 72.4 Å². The van der Waals surface area contributed by atoms with Gasteiger partial charge in [0.2, 0.25) is 5.91 Å². The number of fused-ring (bicyclic) bond motifs is 1. The van der Waals surface area contributed by atoms with Crippen LogP contribution in [0.5, 0.6) is 11.5 Å². The van der Waals surface area contributed by atoms with E-state index in [0.717, 1.165) is 17.5 Å². The van der Waals surface area contributed by atoms with Gasteiger partial charge in [-0.25, -0.2) is 4.98 Å². The number of benzene rings is 3. The second kappa shape index (κ2) is 11.7. The highest BCUT2D eigenvalue weighted by Crippen LogP contribution is 2.31. The Balaban J connectivity index is 1.55. The topological polar surface area (TPSA) is 87.4 Å². The van der Waals surface area contributed by atoms with Crippen LogP contribution < -0.4 is 20.3 Å². The lowest BCUT2D eigenvalue weighted by Crippen LogP contribution is -2.24. The quantitative estimate of drug-likeness (QED) is 0.186. The van der Waals surface area contributed by atoms with E-state index in [1.54, 1.807) is 37.0 Å². The molecule has 0 radical (unpaired) electrons. The lowest BCUT2D eigenvalue weighted by Gasteiger charge is -2.14. The lowest BCUT2D eigenvalue weighted by atomic mass is 10.1. The second-order valence-electron chi connectivity index (χ2n) is 9.21. The standard InChI is InChI=1S/C31H30N4O4S/c1-5-20-11-13-23(14-12-20)35-30(37)29-28(26(18-34(29)2)21-9-7-6-8-10-21)33-31(35)40-19-27(36)32-22-15-24(38-3)17-25(16-22)39-4/h6-18H,5,19H2,1-4H3,(H,32,36). The van der Waals surface area contributed by atoms with Crippen LogP contribution in [0, 0.1) is 0 Å². The third kappa shape index (κ3) is 5.46. The Morgan fingerprint density at radius 3 is 2.27 bits per heavy atom. The third-order valence-electron chi connectivity index (χ3n) is 6.61. The molecule has 0 saturated heterocycles. The molecule has 9 heteroatoms. The van der Waals surface area contributed by atoms with Crippen LogP contribution in [-0.4, -0.2) is 40.0 Å². The molecule has 0 atom stereocenters. The van der Waals surface area contributed by atoms with Gasteiger partial charge in [-0.15, -0.1) is 0 Å². The highest BCUT2D eigenvalue weighted by Gasteiger charge is 2.20. The molecule has 5 rings (SSSR count). The third-order valence-corrected chi connectivity index (χ3v) is 7.55. The van der Waals surface area contributed by atoms with Gasteiger partial charge in [0.1, 0.15) is 22.5 Å². The molecule has 40 heavy (non-hydrogen) atoms. The van der Waals surface area contributed by atoms with Crippen molar-refractivity contribution in [2.24, 2.45) is 7.05 Å². The van der Waals surface area contributed by atoms with Gasteiger partial charge in [-0.1, -0.05) is 61.2 Å². The van der Waals surface area contributed by atoms with Gasteiger partial charge in [-0.2, -0.15) is 0 Å². The average Bonchev–Trinajstić information content (AvgIpc) is 3.32. The minimum Gasteiger partial charge on any atom is -0.497 e. The molecular formula is C31H30N4O4S. The fourth-order valence-corrected chi connectivity index (χ4v) is 5.36. The minimum atomic E-state index is -0.251. The van der Waals surface area contributed by atoms with Crippen LogP contribution >= 0.6 is 11.8 Å². The number of ether oxygens (including phenoxy) is 2. The van der Waals surface area contributed by atoms with E-state index in [4.69, 9.17) is 14.5 Å². The summed E-state index contributed by atoms with van der Waals surface area (Å²) in [7, 11) is 4.96. The molecule has 0 bridgehead atoms. The molecule has 3 aromatic carbocycles. The van der Waals surface area contributed by atoms with Crippen LogP contribution in [-0.2, 0) is 18.3 Å². The molecule has 0 aliphatic heterocycles. The van der Waals surface area contributed by atoms with E-state index in [9.17, 15) is 9.59 Å². The lowest BCUT2D eigenvalue weighted by molar-refractivity contribution is -0.113. The fourth-order valence-electron chi connectivity index (χ4n) is 4.56. The number of aromatic nitrogens is 3. The van der Waals surface area contributed by atoms with Crippen molar-refractivity contribution in [3.8, 4) is 28.3 Å². The zero-order chi connectivity index (χ0) is 28.2. The van der Waals surface area contributed by atoms with Crippen LogP contribution in [0.4, 0.5) is 5.69 Å². The Labute approximate surface area is 236 Å². The summed E-state index contributed by atoms with van der Waals surface area (Å²) in [6, 6.07) is 22.9. The zero-order valence-electron chi connectivity index (χ0n) is 22.8. The van der Waals surface area contributed by atoms with Gasteiger partial charge in [-0.05, 0) is 29.7 Å². The van der Waals surface area contributed by atoms with Crippen molar-refractivity contribution in [3.63, 3.8) is 0 Å². The largest absolute Gasteiger partial charge is 0.497 e. The summed E-state index contributed by atoms with van der Waals surface area (Å²) < 4.78 is 14.0. The SMILES string of the molecule is CCc1ccc(-n2c(SCC(=O)Nc3cc(OC)cc(OC)c3)nc3c(-c4ccccc4)cn(C)c3c2=O)cc1. The van der Waals surface area contributed by atoms with Crippen molar-refractivity contribution < 1.29 is 14.3 Å². The van der Waals surface area contributed by atoms with E-state index in [-0.39, 0.29) is 17.2 Å². The highest BCUT2D eigenvalue weighted by molar-refractivity contribution is 7.99. The number of amides is 1. The Kier molecular flexibility index (Phi) is 7.93. The van der Waals surface area contributed by atoms with Crippen molar-refractivity contribution in [3.05, 3.63) is 94.9 Å². The number of methoxy groups -OCH3 is 2. The molecule has 0 aliphatic carbocycles. The van der Waals surface area contributed by atoms with Gasteiger partial charge in [-0.3, -0.25) is 14.2 Å². The number of hydrogen-bond acceptors (Lipinski definition) is 6. The van der Waals surface area contributed by atoms with Gasteiger partial charge in [0.15, 0.2) is 5.16 Å². The molecule has 0 fully saturated rings. The summed E-state index contributed by atoms with van der Waals surface area (Å²) in [5.41, 5.74) is 5.13. The molecule has 2 heterocycles. The van der Waals surface area contributed by atoms with Crippen LogP contribution in [0.15, 0.2) is 88.9 Å². The molecule has 2 aromatic heterocycles. The molecular weight excluding hydrogens is 524 g/mol.